The number of aromatic nitrogens is 2. The molecule has 0 saturated carbocycles. The van der Waals surface area contributed by atoms with Gasteiger partial charge < -0.3 is 19.7 Å². The Morgan fingerprint density at radius 2 is 1.86 bits per heavy atom. The van der Waals surface area contributed by atoms with Crippen molar-refractivity contribution in [1.82, 2.24) is 14.9 Å². The molecular weight excluding hydrogens is 417 g/mol. The van der Waals surface area contributed by atoms with Crippen LogP contribution in [-0.2, 0) is 11.8 Å². The summed E-state index contributed by atoms with van der Waals surface area (Å²) in [5, 5.41) is 11.9. The highest BCUT2D eigenvalue weighted by Gasteiger charge is 2.21. The summed E-state index contributed by atoms with van der Waals surface area (Å²) in [5.74, 6) is -0.886. The number of aromatic carboxylic acids is 1. The maximum absolute atomic E-state index is 12.6. The molecule has 150 valence electrons. The molecule has 3 rings (SSSR count). The van der Waals surface area contributed by atoms with Crippen LogP contribution in [0, 0.1) is 0 Å². The van der Waals surface area contributed by atoms with Crippen molar-refractivity contribution in [3.05, 3.63) is 81.9 Å². The third-order valence-electron chi connectivity index (χ3n) is 4.15. The molecule has 1 heterocycles. The first kappa shape index (κ1) is 20.7. The van der Waals surface area contributed by atoms with Crippen LogP contribution in [0.4, 0.5) is 0 Å². The molecule has 2 aromatic carbocycles. The fourth-order valence-electron chi connectivity index (χ4n) is 2.76. The highest BCUT2D eigenvalue weighted by Crippen LogP contribution is 2.34. The average molecular weight is 434 g/mol. The Kier molecular flexibility index (Phi) is 6.41. The third kappa shape index (κ3) is 4.88. The smallest absolute Gasteiger partial charge is 0.335 e. The highest BCUT2D eigenvalue weighted by atomic mass is 35.5. The lowest BCUT2D eigenvalue weighted by Gasteiger charge is -2.19. The number of halogens is 2. The lowest BCUT2D eigenvalue weighted by molar-refractivity contribution is -0.123. The standard InChI is InChI=1S/C20H17Cl2N3O4/c1-25-8-7-23-19(25)17(12-5-3-2-4-6-12)24-16(26)11-29-18-14(21)9-13(20(27)28)10-15(18)22/h2-10,17H,11H2,1H3,(H,24,26)(H,27,28)/t17-/m0/s1. The summed E-state index contributed by atoms with van der Waals surface area (Å²) in [4.78, 5) is 27.9. The second-order valence-electron chi connectivity index (χ2n) is 6.17. The van der Waals surface area contributed by atoms with Crippen LogP contribution < -0.4 is 10.1 Å². The van der Waals surface area contributed by atoms with Crippen molar-refractivity contribution in [2.24, 2.45) is 7.05 Å². The Labute approximate surface area is 176 Å². The van der Waals surface area contributed by atoms with Crippen LogP contribution >= 0.6 is 23.2 Å². The van der Waals surface area contributed by atoms with E-state index < -0.39 is 17.9 Å². The van der Waals surface area contributed by atoms with Gasteiger partial charge in [-0.2, -0.15) is 0 Å². The van der Waals surface area contributed by atoms with Gasteiger partial charge in [0.1, 0.15) is 11.9 Å². The van der Waals surface area contributed by atoms with Crippen molar-refractivity contribution >= 4 is 35.1 Å². The minimum absolute atomic E-state index is 0.00594. The van der Waals surface area contributed by atoms with Gasteiger partial charge in [0.15, 0.2) is 12.4 Å². The van der Waals surface area contributed by atoms with E-state index in [1.54, 1.807) is 12.4 Å². The molecule has 0 aliphatic carbocycles. The predicted molar refractivity (Wildman–Crippen MR) is 109 cm³/mol. The normalized spacial score (nSPS) is 11.7. The summed E-state index contributed by atoms with van der Waals surface area (Å²) in [6.07, 6.45) is 3.44. The Morgan fingerprint density at radius 3 is 2.41 bits per heavy atom. The number of carbonyl (C=O) groups excluding carboxylic acids is 1. The Bertz CT molecular complexity index is 1010. The van der Waals surface area contributed by atoms with Gasteiger partial charge in [-0.1, -0.05) is 53.5 Å². The number of nitrogens with one attached hydrogen (secondary N) is 1. The van der Waals surface area contributed by atoms with E-state index >= 15 is 0 Å². The van der Waals surface area contributed by atoms with Crippen LogP contribution in [0.25, 0.3) is 0 Å². The first-order chi connectivity index (χ1) is 13.9. The Hall–Kier alpha value is -3.03. The minimum Gasteiger partial charge on any atom is -0.481 e. The maximum Gasteiger partial charge on any atom is 0.335 e. The zero-order valence-electron chi connectivity index (χ0n) is 15.3. The van der Waals surface area contributed by atoms with Gasteiger partial charge in [0.25, 0.3) is 5.91 Å². The SMILES string of the molecule is Cn1ccnc1[C@@H](NC(=O)COc1c(Cl)cc(C(=O)O)cc1Cl)c1ccccc1. The molecule has 0 radical (unpaired) electrons. The van der Waals surface area contributed by atoms with E-state index in [9.17, 15) is 9.59 Å². The quantitative estimate of drug-likeness (QED) is 0.592. The molecular formula is C20H17Cl2N3O4. The van der Waals surface area contributed by atoms with Crippen LogP contribution in [0.1, 0.15) is 27.8 Å². The number of hydrogen-bond acceptors (Lipinski definition) is 4. The summed E-state index contributed by atoms with van der Waals surface area (Å²) in [6, 6.07) is 11.3. The number of carbonyl (C=O) groups is 2. The number of hydrogen-bond donors (Lipinski definition) is 2. The number of nitrogens with zero attached hydrogens (tertiary/aromatic N) is 2. The van der Waals surface area contributed by atoms with Crippen LogP contribution in [0.3, 0.4) is 0 Å². The molecule has 0 bridgehead atoms. The second kappa shape index (κ2) is 8.98. The fourth-order valence-corrected chi connectivity index (χ4v) is 3.36. The summed E-state index contributed by atoms with van der Waals surface area (Å²) in [5.41, 5.74) is 0.785. The van der Waals surface area contributed by atoms with E-state index in [2.05, 4.69) is 10.3 Å². The number of carboxylic acid groups (broad SMARTS) is 1. The number of ether oxygens (including phenoxy) is 1. The number of benzene rings is 2. The number of aryl methyl sites for hydroxylation is 1. The Balaban J connectivity index is 1.75. The van der Waals surface area contributed by atoms with E-state index in [0.29, 0.717) is 5.82 Å². The van der Waals surface area contributed by atoms with Gasteiger partial charge in [0.05, 0.1) is 15.6 Å². The molecule has 1 atom stereocenters. The molecule has 0 saturated heterocycles. The van der Waals surface area contributed by atoms with Crippen molar-refractivity contribution in [2.75, 3.05) is 6.61 Å². The van der Waals surface area contributed by atoms with Gasteiger partial charge in [-0.3, -0.25) is 4.79 Å². The molecule has 0 fully saturated rings. The minimum atomic E-state index is -1.17. The predicted octanol–water partition coefficient (Wildman–Crippen LogP) is 3.71. The van der Waals surface area contributed by atoms with Gasteiger partial charge in [0.2, 0.25) is 0 Å². The summed E-state index contributed by atoms with van der Waals surface area (Å²) < 4.78 is 7.27. The van der Waals surface area contributed by atoms with Crippen molar-refractivity contribution < 1.29 is 19.4 Å². The monoisotopic (exact) mass is 433 g/mol. The Morgan fingerprint density at radius 1 is 1.21 bits per heavy atom. The molecule has 7 nitrogen and oxygen atoms in total. The van der Waals surface area contributed by atoms with E-state index in [4.69, 9.17) is 33.0 Å². The molecule has 0 aliphatic rings. The molecule has 9 heteroatoms. The van der Waals surface area contributed by atoms with Gasteiger partial charge in [-0.15, -0.1) is 0 Å². The highest BCUT2D eigenvalue weighted by molar-refractivity contribution is 6.37. The van der Waals surface area contributed by atoms with Crippen LogP contribution in [0.5, 0.6) is 5.75 Å². The molecule has 3 aromatic rings. The summed E-state index contributed by atoms with van der Waals surface area (Å²) in [6.45, 7) is -0.361. The number of rotatable bonds is 7. The lowest BCUT2D eigenvalue weighted by Crippen LogP contribution is -2.34. The zero-order chi connectivity index (χ0) is 21.0. The third-order valence-corrected chi connectivity index (χ3v) is 4.71. The molecule has 0 spiro atoms. The van der Waals surface area contributed by atoms with E-state index in [0.717, 1.165) is 5.56 Å². The number of amides is 1. The molecule has 1 aromatic heterocycles. The summed E-state index contributed by atoms with van der Waals surface area (Å²) in [7, 11) is 1.84. The van der Waals surface area contributed by atoms with Crippen molar-refractivity contribution in [3.63, 3.8) is 0 Å². The van der Waals surface area contributed by atoms with Crippen molar-refractivity contribution in [1.29, 1.82) is 0 Å². The van der Waals surface area contributed by atoms with Gasteiger partial charge in [-0.25, -0.2) is 9.78 Å². The lowest BCUT2D eigenvalue weighted by atomic mass is 10.1. The first-order valence-corrected chi connectivity index (χ1v) is 9.29. The number of imidazole rings is 1. The molecule has 1 amide bonds. The second-order valence-corrected chi connectivity index (χ2v) is 6.98. The van der Waals surface area contributed by atoms with Gasteiger partial charge in [-0.05, 0) is 17.7 Å². The molecule has 2 N–H and O–H groups in total. The van der Waals surface area contributed by atoms with Crippen LogP contribution in [0.2, 0.25) is 10.0 Å². The topological polar surface area (TPSA) is 93.5 Å². The van der Waals surface area contributed by atoms with E-state index in [-0.39, 0.29) is 28.0 Å². The van der Waals surface area contributed by atoms with Gasteiger partial charge >= 0.3 is 5.97 Å². The van der Waals surface area contributed by atoms with E-state index in [1.165, 1.54) is 12.1 Å². The first-order valence-electron chi connectivity index (χ1n) is 8.53. The van der Waals surface area contributed by atoms with Gasteiger partial charge in [0, 0.05) is 19.4 Å². The fraction of sp³-hybridized carbons (Fsp3) is 0.150. The molecule has 29 heavy (non-hydrogen) atoms. The van der Waals surface area contributed by atoms with E-state index in [1.807, 2.05) is 41.9 Å². The van der Waals surface area contributed by atoms with Crippen molar-refractivity contribution in [2.45, 2.75) is 6.04 Å². The van der Waals surface area contributed by atoms with Crippen LogP contribution in [0.15, 0.2) is 54.9 Å². The largest absolute Gasteiger partial charge is 0.481 e. The van der Waals surface area contributed by atoms with Crippen LogP contribution in [-0.4, -0.2) is 33.1 Å². The summed E-state index contributed by atoms with van der Waals surface area (Å²) >= 11 is 12.1. The van der Waals surface area contributed by atoms with Crippen molar-refractivity contribution in [3.8, 4) is 5.75 Å². The average Bonchev–Trinajstić information content (AvgIpc) is 3.11. The number of carboxylic acids is 1. The zero-order valence-corrected chi connectivity index (χ0v) is 16.8. The molecule has 0 unspecified atom stereocenters. The molecule has 0 aliphatic heterocycles. The maximum atomic E-state index is 12.6.